The lowest BCUT2D eigenvalue weighted by Gasteiger charge is -2.06. The van der Waals surface area contributed by atoms with E-state index in [-0.39, 0.29) is 6.04 Å². The molecule has 11 heavy (non-hydrogen) atoms. The van der Waals surface area contributed by atoms with Crippen molar-refractivity contribution in [2.45, 2.75) is 6.04 Å². The van der Waals surface area contributed by atoms with Gasteiger partial charge >= 0.3 is 0 Å². The average molecular weight is 192 g/mol. The first kappa shape index (κ1) is 9.00. The molecule has 0 amide bonds. The molecule has 0 saturated heterocycles. The van der Waals surface area contributed by atoms with Crippen molar-refractivity contribution in [3.8, 4) is 0 Å². The number of methoxy groups -OCH3 is 1. The zero-order valence-electron chi connectivity index (χ0n) is 6.21. The number of hydrogen-bond donors (Lipinski definition) is 1. The second-order valence-corrected chi connectivity index (χ2v) is 3.95. The van der Waals surface area contributed by atoms with Crippen molar-refractivity contribution >= 4 is 22.9 Å². The first-order valence-corrected chi connectivity index (χ1v) is 4.43. The van der Waals surface area contributed by atoms with Crippen molar-refractivity contribution in [1.29, 1.82) is 0 Å². The maximum absolute atomic E-state index is 5.75. The third-order valence-electron chi connectivity index (χ3n) is 1.31. The van der Waals surface area contributed by atoms with Gasteiger partial charge in [0.25, 0.3) is 0 Å². The molecule has 0 aliphatic rings. The van der Waals surface area contributed by atoms with Crippen LogP contribution in [-0.2, 0) is 4.74 Å². The molecule has 1 aromatic heterocycles. The topological polar surface area (TPSA) is 35.2 Å². The van der Waals surface area contributed by atoms with Crippen LogP contribution >= 0.6 is 22.9 Å². The van der Waals surface area contributed by atoms with E-state index in [2.05, 4.69) is 0 Å². The average Bonchev–Trinajstić information content (AvgIpc) is 2.36. The fourth-order valence-corrected chi connectivity index (χ4v) is 1.84. The van der Waals surface area contributed by atoms with E-state index < -0.39 is 0 Å². The summed E-state index contributed by atoms with van der Waals surface area (Å²) in [5.41, 5.74) is 5.75. The molecular weight excluding hydrogens is 182 g/mol. The van der Waals surface area contributed by atoms with Crippen molar-refractivity contribution < 1.29 is 4.74 Å². The zero-order chi connectivity index (χ0) is 8.27. The summed E-state index contributed by atoms with van der Waals surface area (Å²) in [5.74, 6) is 0. The van der Waals surface area contributed by atoms with Gasteiger partial charge in [0.2, 0.25) is 0 Å². The molecule has 0 unspecified atom stereocenters. The molecule has 0 spiro atoms. The van der Waals surface area contributed by atoms with Crippen LogP contribution in [0.25, 0.3) is 0 Å². The van der Waals surface area contributed by atoms with Crippen LogP contribution in [0.5, 0.6) is 0 Å². The minimum atomic E-state index is -0.0440. The first-order valence-electron chi connectivity index (χ1n) is 3.24. The second-order valence-electron chi connectivity index (χ2n) is 2.20. The summed E-state index contributed by atoms with van der Waals surface area (Å²) < 4.78 is 5.68. The highest BCUT2D eigenvalue weighted by molar-refractivity contribution is 7.16. The van der Waals surface area contributed by atoms with Crippen LogP contribution in [-0.4, -0.2) is 13.7 Å². The van der Waals surface area contributed by atoms with E-state index in [1.807, 2.05) is 12.1 Å². The normalized spacial score (nSPS) is 13.4. The Labute approximate surface area is 74.9 Å². The van der Waals surface area contributed by atoms with E-state index in [0.717, 1.165) is 9.21 Å². The number of thiophene rings is 1. The van der Waals surface area contributed by atoms with Gasteiger partial charge in [0.1, 0.15) is 0 Å². The standard InChI is InChI=1S/C7H10ClNOS/c1-10-4-5(9)6-2-3-7(8)11-6/h2-3,5H,4,9H2,1H3/t5-/m0/s1. The van der Waals surface area contributed by atoms with Gasteiger partial charge in [-0.15, -0.1) is 11.3 Å². The van der Waals surface area contributed by atoms with Gasteiger partial charge in [0.15, 0.2) is 0 Å². The molecule has 1 atom stereocenters. The molecule has 0 saturated carbocycles. The summed E-state index contributed by atoms with van der Waals surface area (Å²) >= 11 is 7.22. The molecule has 0 radical (unpaired) electrons. The van der Waals surface area contributed by atoms with Crippen molar-refractivity contribution in [1.82, 2.24) is 0 Å². The number of halogens is 1. The molecule has 62 valence electrons. The molecule has 0 bridgehead atoms. The van der Waals surface area contributed by atoms with E-state index in [0.29, 0.717) is 6.61 Å². The number of nitrogens with two attached hydrogens (primary N) is 1. The highest BCUT2D eigenvalue weighted by atomic mass is 35.5. The summed E-state index contributed by atoms with van der Waals surface area (Å²) in [6.07, 6.45) is 0. The SMILES string of the molecule is COC[C@H](N)c1ccc(Cl)s1. The summed E-state index contributed by atoms with van der Waals surface area (Å²) in [4.78, 5) is 1.07. The third-order valence-corrected chi connectivity index (χ3v) is 2.67. The summed E-state index contributed by atoms with van der Waals surface area (Å²) in [6.45, 7) is 0.539. The Bertz CT molecular complexity index is 226. The minimum Gasteiger partial charge on any atom is -0.383 e. The predicted molar refractivity (Wildman–Crippen MR) is 48.1 cm³/mol. The summed E-state index contributed by atoms with van der Waals surface area (Å²) in [7, 11) is 1.63. The van der Waals surface area contributed by atoms with Gasteiger partial charge < -0.3 is 10.5 Å². The van der Waals surface area contributed by atoms with E-state index >= 15 is 0 Å². The van der Waals surface area contributed by atoms with Crippen LogP contribution in [0.15, 0.2) is 12.1 Å². The molecule has 2 N–H and O–H groups in total. The van der Waals surface area contributed by atoms with Gasteiger partial charge in [-0.25, -0.2) is 0 Å². The van der Waals surface area contributed by atoms with Crippen molar-refractivity contribution in [3.05, 3.63) is 21.3 Å². The van der Waals surface area contributed by atoms with Gasteiger partial charge in [-0.3, -0.25) is 0 Å². The second kappa shape index (κ2) is 4.07. The van der Waals surface area contributed by atoms with Crippen LogP contribution in [0, 0.1) is 0 Å². The quantitative estimate of drug-likeness (QED) is 0.794. The lowest BCUT2D eigenvalue weighted by atomic mass is 10.3. The maximum Gasteiger partial charge on any atom is 0.0931 e. The lowest BCUT2D eigenvalue weighted by molar-refractivity contribution is 0.182. The summed E-state index contributed by atoms with van der Waals surface area (Å²) in [6, 6.07) is 3.73. The Morgan fingerprint density at radius 3 is 2.91 bits per heavy atom. The molecule has 1 aromatic rings. The Morgan fingerprint density at radius 2 is 2.45 bits per heavy atom. The Balaban J connectivity index is 2.60. The zero-order valence-corrected chi connectivity index (χ0v) is 7.78. The Morgan fingerprint density at radius 1 is 1.73 bits per heavy atom. The third kappa shape index (κ3) is 2.45. The number of ether oxygens (including phenoxy) is 1. The number of rotatable bonds is 3. The largest absolute Gasteiger partial charge is 0.383 e. The Hall–Kier alpha value is -0.0900. The van der Waals surface area contributed by atoms with Gasteiger partial charge in [0.05, 0.1) is 17.0 Å². The minimum absolute atomic E-state index is 0.0440. The van der Waals surface area contributed by atoms with Gasteiger partial charge in [0, 0.05) is 12.0 Å². The highest BCUT2D eigenvalue weighted by Crippen LogP contribution is 2.25. The maximum atomic E-state index is 5.75. The smallest absolute Gasteiger partial charge is 0.0931 e. The van der Waals surface area contributed by atoms with E-state index in [4.69, 9.17) is 22.1 Å². The molecule has 2 nitrogen and oxygen atoms in total. The lowest BCUT2D eigenvalue weighted by Crippen LogP contribution is -2.14. The van der Waals surface area contributed by atoms with Crippen LogP contribution in [0.3, 0.4) is 0 Å². The fourth-order valence-electron chi connectivity index (χ4n) is 0.789. The molecule has 1 heterocycles. The van der Waals surface area contributed by atoms with Crippen molar-refractivity contribution in [2.24, 2.45) is 5.73 Å². The molecule has 0 aliphatic carbocycles. The van der Waals surface area contributed by atoms with E-state index in [1.54, 1.807) is 7.11 Å². The number of hydrogen-bond acceptors (Lipinski definition) is 3. The summed E-state index contributed by atoms with van der Waals surface area (Å²) in [5, 5.41) is 0. The Kier molecular flexibility index (Phi) is 3.33. The van der Waals surface area contributed by atoms with Crippen LogP contribution in [0.4, 0.5) is 0 Å². The van der Waals surface area contributed by atoms with E-state index in [1.165, 1.54) is 11.3 Å². The van der Waals surface area contributed by atoms with Crippen LogP contribution < -0.4 is 5.73 Å². The first-order chi connectivity index (χ1) is 5.24. The fraction of sp³-hybridized carbons (Fsp3) is 0.429. The van der Waals surface area contributed by atoms with Gasteiger partial charge in [-0.2, -0.15) is 0 Å². The molecule has 0 aromatic carbocycles. The van der Waals surface area contributed by atoms with Crippen LogP contribution in [0.1, 0.15) is 10.9 Å². The molecule has 0 fully saturated rings. The molecule has 4 heteroatoms. The molecule has 0 aliphatic heterocycles. The monoisotopic (exact) mass is 191 g/mol. The van der Waals surface area contributed by atoms with E-state index in [9.17, 15) is 0 Å². The van der Waals surface area contributed by atoms with Crippen LogP contribution in [0.2, 0.25) is 4.34 Å². The van der Waals surface area contributed by atoms with Gasteiger partial charge in [-0.05, 0) is 12.1 Å². The molecular formula is C7H10ClNOS. The molecule has 1 rings (SSSR count). The van der Waals surface area contributed by atoms with Gasteiger partial charge in [-0.1, -0.05) is 11.6 Å². The van der Waals surface area contributed by atoms with Crippen molar-refractivity contribution in [2.75, 3.05) is 13.7 Å². The predicted octanol–water partition coefficient (Wildman–Crippen LogP) is 2.05. The van der Waals surface area contributed by atoms with Crippen molar-refractivity contribution in [3.63, 3.8) is 0 Å². The highest BCUT2D eigenvalue weighted by Gasteiger charge is 2.07.